The van der Waals surface area contributed by atoms with E-state index in [1.165, 1.54) is 12.1 Å². The number of benzene rings is 1. The molecule has 0 aromatic heterocycles. The average molecular weight is 446 g/mol. The van der Waals surface area contributed by atoms with Crippen LogP contribution in [0.1, 0.15) is 20.8 Å². The highest BCUT2D eigenvalue weighted by Crippen LogP contribution is 2.12. The number of nitrogens with two attached hydrogens (primary N) is 1. The molecule has 0 aliphatic carbocycles. The van der Waals surface area contributed by atoms with Crippen molar-refractivity contribution < 1.29 is 32.2 Å². The quantitative estimate of drug-likeness (QED) is 0.279. The zero-order valence-corrected chi connectivity index (χ0v) is 18.4. The summed E-state index contributed by atoms with van der Waals surface area (Å²) in [6.07, 6.45) is 0. The van der Waals surface area contributed by atoms with Gasteiger partial charge in [0, 0.05) is 13.1 Å². The van der Waals surface area contributed by atoms with Crippen LogP contribution in [0.25, 0.3) is 0 Å². The minimum Gasteiger partial charge on any atom is -0.459 e. The first-order valence-corrected chi connectivity index (χ1v) is 11.0. The van der Waals surface area contributed by atoms with Crippen molar-refractivity contribution in [2.45, 2.75) is 37.3 Å². The normalized spacial score (nSPS) is 12.9. The van der Waals surface area contributed by atoms with E-state index in [4.69, 9.17) is 19.9 Å². The van der Waals surface area contributed by atoms with E-state index in [0.717, 1.165) is 0 Å². The molecule has 0 spiro atoms. The molecule has 0 radical (unpaired) electrons. The number of rotatable bonds is 13. The van der Waals surface area contributed by atoms with Crippen molar-refractivity contribution in [3.05, 3.63) is 30.3 Å². The van der Waals surface area contributed by atoms with Crippen molar-refractivity contribution in [1.82, 2.24) is 10.0 Å². The molecule has 10 nitrogen and oxygen atoms in total. The summed E-state index contributed by atoms with van der Waals surface area (Å²) in [5, 5.41) is 2.47. The Hall–Kier alpha value is -2.05. The summed E-state index contributed by atoms with van der Waals surface area (Å²) in [6.45, 7) is 5.70. The molecule has 0 saturated carbocycles. The van der Waals surface area contributed by atoms with Crippen molar-refractivity contribution >= 4 is 21.9 Å². The Morgan fingerprint density at radius 3 is 2.30 bits per heavy atom. The van der Waals surface area contributed by atoms with Gasteiger partial charge in [0.25, 0.3) is 0 Å². The predicted octanol–water partition coefficient (Wildman–Crippen LogP) is -0.217. The molecule has 0 unspecified atom stereocenters. The first kappa shape index (κ1) is 26.0. The van der Waals surface area contributed by atoms with Gasteiger partial charge in [0.1, 0.15) is 18.2 Å². The highest BCUT2D eigenvalue weighted by Gasteiger charge is 2.30. The van der Waals surface area contributed by atoms with E-state index in [0.29, 0.717) is 19.8 Å². The van der Waals surface area contributed by atoms with Gasteiger partial charge in [-0.25, -0.2) is 8.42 Å². The number of carbonyl (C=O) groups is 2. The number of hydrogen-bond acceptors (Lipinski definition) is 8. The number of carbonyl (C=O) groups excluding carboxylic acids is 2. The highest BCUT2D eigenvalue weighted by molar-refractivity contribution is 7.89. The summed E-state index contributed by atoms with van der Waals surface area (Å²) in [7, 11) is -4.00. The Balaban J connectivity index is 2.68. The predicted molar refractivity (Wildman–Crippen MR) is 110 cm³/mol. The largest absolute Gasteiger partial charge is 0.459 e. The molecule has 0 heterocycles. The van der Waals surface area contributed by atoms with Crippen molar-refractivity contribution in [3.63, 3.8) is 0 Å². The first-order valence-electron chi connectivity index (χ1n) is 9.47. The molecule has 1 atom stereocenters. The first-order chi connectivity index (χ1) is 14.0. The number of nitrogens with one attached hydrogen (secondary N) is 2. The number of esters is 1. The van der Waals surface area contributed by atoms with E-state index < -0.39 is 33.5 Å². The number of sulfonamides is 1. The van der Waals surface area contributed by atoms with E-state index in [9.17, 15) is 18.0 Å². The molecule has 170 valence electrons. The van der Waals surface area contributed by atoms with Gasteiger partial charge in [0.15, 0.2) is 0 Å². The Kier molecular flexibility index (Phi) is 10.9. The zero-order valence-electron chi connectivity index (χ0n) is 17.6. The summed E-state index contributed by atoms with van der Waals surface area (Å²) < 4.78 is 43.0. The smallest absolute Gasteiger partial charge is 0.326 e. The molecule has 0 saturated heterocycles. The van der Waals surface area contributed by atoms with Crippen LogP contribution in [0.5, 0.6) is 0 Å². The summed E-state index contributed by atoms with van der Waals surface area (Å²) in [6, 6.07) is 6.28. The van der Waals surface area contributed by atoms with Gasteiger partial charge in [-0.2, -0.15) is 4.72 Å². The molecule has 4 N–H and O–H groups in total. The monoisotopic (exact) mass is 445 g/mol. The number of ether oxygens (including phenoxy) is 3. The lowest BCUT2D eigenvalue weighted by molar-refractivity contribution is -0.156. The minimum absolute atomic E-state index is 0.00861. The van der Waals surface area contributed by atoms with E-state index in [-0.39, 0.29) is 24.7 Å². The summed E-state index contributed by atoms with van der Waals surface area (Å²) in [4.78, 5) is 24.4. The maximum atomic E-state index is 12.6. The topological polar surface area (TPSA) is 146 Å². The van der Waals surface area contributed by atoms with E-state index in [2.05, 4.69) is 10.0 Å². The van der Waals surface area contributed by atoms with Crippen LogP contribution in [0.2, 0.25) is 0 Å². The molecule has 30 heavy (non-hydrogen) atoms. The maximum absolute atomic E-state index is 12.6. The summed E-state index contributed by atoms with van der Waals surface area (Å²) in [5.74, 6) is -1.32. The molecule has 1 aromatic rings. The van der Waals surface area contributed by atoms with Crippen molar-refractivity contribution in [3.8, 4) is 0 Å². The third-order valence-electron chi connectivity index (χ3n) is 3.41. The van der Waals surface area contributed by atoms with Crippen molar-refractivity contribution in [1.29, 1.82) is 0 Å². The second kappa shape index (κ2) is 12.6. The van der Waals surface area contributed by atoms with Crippen LogP contribution in [0.15, 0.2) is 35.2 Å². The van der Waals surface area contributed by atoms with Crippen LogP contribution < -0.4 is 15.8 Å². The second-order valence-corrected chi connectivity index (χ2v) is 8.99. The molecule has 0 fully saturated rings. The Morgan fingerprint density at radius 1 is 1.07 bits per heavy atom. The zero-order chi connectivity index (χ0) is 22.6. The van der Waals surface area contributed by atoms with Gasteiger partial charge in [0.2, 0.25) is 15.9 Å². The van der Waals surface area contributed by atoms with E-state index >= 15 is 0 Å². The lowest BCUT2D eigenvalue weighted by Gasteiger charge is -2.24. The number of amides is 1. The van der Waals surface area contributed by atoms with Gasteiger partial charge in [-0.3, -0.25) is 9.59 Å². The van der Waals surface area contributed by atoms with Crippen molar-refractivity contribution in [2.24, 2.45) is 5.73 Å². The molecular weight excluding hydrogens is 414 g/mol. The molecule has 1 amide bonds. The van der Waals surface area contributed by atoms with E-state index in [1.54, 1.807) is 39.0 Å². The molecule has 0 aliphatic rings. The van der Waals surface area contributed by atoms with Crippen LogP contribution in [0, 0.1) is 0 Å². The molecule has 11 heteroatoms. The van der Waals surface area contributed by atoms with Gasteiger partial charge in [-0.15, -0.1) is 0 Å². The minimum atomic E-state index is -4.00. The van der Waals surface area contributed by atoms with Gasteiger partial charge < -0.3 is 25.3 Å². The molecular formula is C19H31N3O7S. The van der Waals surface area contributed by atoms with Gasteiger partial charge >= 0.3 is 5.97 Å². The lowest BCUT2D eigenvalue weighted by atomic mass is 10.2. The Morgan fingerprint density at radius 2 is 1.70 bits per heavy atom. The fourth-order valence-corrected chi connectivity index (χ4v) is 3.34. The molecule has 0 aliphatic heterocycles. The molecule has 0 bridgehead atoms. The van der Waals surface area contributed by atoms with Crippen LogP contribution in [0.4, 0.5) is 0 Å². The fourth-order valence-electron chi connectivity index (χ4n) is 2.14. The van der Waals surface area contributed by atoms with Crippen LogP contribution >= 0.6 is 0 Å². The second-order valence-electron chi connectivity index (χ2n) is 7.28. The Labute approximate surface area is 177 Å². The molecule has 1 rings (SSSR count). The standard InChI is InChI=1S/C19H31N3O7S/c1-19(2,3)29-18(24)16(22-30(25,26)15-7-5-4-6-8-15)13-21-17(23)14-28-12-11-27-10-9-20/h4-8,16,22H,9-14,20H2,1-3H3,(H,21,23)/t16-/m0/s1. The average Bonchev–Trinajstić information content (AvgIpc) is 2.67. The van der Waals surface area contributed by atoms with E-state index in [1.807, 2.05) is 0 Å². The fraction of sp³-hybridized carbons (Fsp3) is 0.579. The Bertz CT molecular complexity index is 764. The highest BCUT2D eigenvalue weighted by atomic mass is 32.2. The summed E-state index contributed by atoms with van der Waals surface area (Å²) in [5.41, 5.74) is 4.46. The maximum Gasteiger partial charge on any atom is 0.326 e. The van der Waals surface area contributed by atoms with Gasteiger partial charge in [0.05, 0.1) is 24.7 Å². The molecule has 1 aromatic carbocycles. The SMILES string of the molecule is CC(C)(C)OC(=O)[C@H](CNC(=O)COCCOCCN)NS(=O)(=O)c1ccccc1. The van der Waals surface area contributed by atoms with Gasteiger partial charge in [-0.05, 0) is 32.9 Å². The van der Waals surface area contributed by atoms with Crippen LogP contribution in [-0.2, 0) is 33.8 Å². The van der Waals surface area contributed by atoms with Gasteiger partial charge in [-0.1, -0.05) is 18.2 Å². The third-order valence-corrected chi connectivity index (χ3v) is 4.90. The van der Waals surface area contributed by atoms with Crippen molar-refractivity contribution in [2.75, 3.05) is 39.5 Å². The van der Waals surface area contributed by atoms with Crippen LogP contribution in [-0.4, -0.2) is 71.5 Å². The van der Waals surface area contributed by atoms with Crippen LogP contribution in [0.3, 0.4) is 0 Å². The summed E-state index contributed by atoms with van der Waals surface area (Å²) >= 11 is 0. The lowest BCUT2D eigenvalue weighted by Crippen LogP contribution is -2.50. The number of hydrogen-bond donors (Lipinski definition) is 3. The third kappa shape index (κ3) is 10.6.